The van der Waals surface area contributed by atoms with Gasteiger partial charge in [-0.1, -0.05) is 24.3 Å². The van der Waals surface area contributed by atoms with Crippen molar-refractivity contribution >= 4 is 41.2 Å². The predicted molar refractivity (Wildman–Crippen MR) is 98.2 cm³/mol. The van der Waals surface area contributed by atoms with Gasteiger partial charge in [0.2, 0.25) is 11.8 Å². The van der Waals surface area contributed by atoms with Crippen molar-refractivity contribution in [1.82, 2.24) is 5.43 Å². The van der Waals surface area contributed by atoms with Crippen LogP contribution in [0.15, 0.2) is 58.5 Å². The van der Waals surface area contributed by atoms with Gasteiger partial charge in [0.25, 0.3) is 5.69 Å². The van der Waals surface area contributed by atoms with Crippen molar-refractivity contribution in [2.75, 3.05) is 5.32 Å². The van der Waals surface area contributed by atoms with Crippen LogP contribution >= 0.6 is 11.8 Å². The Hall–Kier alpha value is -3.20. The van der Waals surface area contributed by atoms with Crippen molar-refractivity contribution in [1.29, 1.82) is 0 Å². The number of amides is 2. The average molecular weight is 370 g/mol. The molecule has 1 atom stereocenters. The van der Waals surface area contributed by atoms with E-state index < -0.39 is 16.1 Å². The Morgan fingerprint density at radius 3 is 2.81 bits per heavy atom. The Morgan fingerprint density at radius 1 is 1.27 bits per heavy atom. The van der Waals surface area contributed by atoms with Gasteiger partial charge in [-0.15, -0.1) is 11.8 Å². The molecule has 8 nitrogen and oxygen atoms in total. The topological polar surface area (TPSA) is 114 Å². The zero-order valence-electron chi connectivity index (χ0n) is 13.4. The normalized spacial score (nSPS) is 16.0. The van der Waals surface area contributed by atoms with Crippen LogP contribution in [0, 0.1) is 10.1 Å². The Kier molecular flexibility index (Phi) is 5.28. The van der Waals surface area contributed by atoms with E-state index in [1.807, 2.05) is 18.2 Å². The van der Waals surface area contributed by atoms with Crippen molar-refractivity contribution in [3.8, 4) is 0 Å². The van der Waals surface area contributed by atoms with Crippen LogP contribution in [0.5, 0.6) is 0 Å². The molecule has 0 spiro atoms. The van der Waals surface area contributed by atoms with Gasteiger partial charge in [0.1, 0.15) is 0 Å². The summed E-state index contributed by atoms with van der Waals surface area (Å²) in [4.78, 5) is 35.4. The van der Waals surface area contributed by atoms with E-state index in [4.69, 9.17) is 0 Å². The van der Waals surface area contributed by atoms with Gasteiger partial charge in [0, 0.05) is 17.4 Å². The first-order valence-electron chi connectivity index (χ1n) is 7.66. The van der Waals surface area contributed by atoms with E-state index in [2.05, 4.69) is 15.8 Å². The minimum absolute atomic E-state index is 0.0565. The standard InChI is InChI=1S/C17H14N4O4S/c22-16(20-18-10-11-5-1-3-7-13(11)21(24)25)9-15-17(23)19-12-6-2-4-8-14(12)26-15/h1-8,10,15H,9H2,(H,19,23)(H,20,22). The van der Waals surface area contributed by atoms with Gasteiger partial charge in [0.15, 0.2) is 0 Å². The summed E-state index contributed by atoms with van der Waals surface area (Å²) in [5.41, 5.74) is 3.20. The number of hydrogen-bond acceptors (Lipinski definition) is 6. The van der Waals surface area contributed by atoms with Crippen molar-refractivity contribution in [2.24, 2.45) is 5.10 Å². The van der Waals surface area contributed by atoms with Crippen LogP contribution in [0.4, 0.5) is 11.4 Å². The fourth-order valence-electron chi connectivity index (χ4n) is 2.38. The number of thioether (sulfide) groups is 1. The highest BCUT2D eigenvalue weighted by Crippen LogP contribution is 2.36. The van der Waals surface area contributed by atoms with Crippen molar-refractivity contribution < 1.29 is 14.5 Å². The molecule has 1 aliphatic heterocycles. The molecule has 0 saturated carbocycles. The molecule has 2 amide bonds. The number of hydrogen-bond donors (Lipinski definition) is 2. The Bertz CT molecular complexity index is 900. The zero-order chi connectivity index (χ0) is 18.5. The summed E-state index contributed by atoms with van der Waals surface area (Å²) in [6.07, 6.45) is 1.15. The van der Waals surface area contributed by atoms with Crippen LogP contribution < -0.4 is 10.7 Å². The summed E-state index contributed by atoms with van der Waals surface area (Å²) < 4.78 is 0. The molecule has 132 valence electrons. The molecule has 2 N–H and O–H groups in total. The van der Waals surface area contributed by atoms with Gasteiger partial charge in [-0.3, -0.25) is 19.7 Å². The highest BCUT2D eigenvalue weighted by atomic mass is 32.2. The number of nitrogens with zero attached hydrogens (tertiary/aromatic N) is 2. The minimum Gasteiger partial charge on any atom is -0.324 e. The number of hydrazone groups is 1. The van der Waals surface area contributed by atoms with Crippen LogP contribution in [-0.4, -0.2) is 28.2 Å². The number of nitrogens with one attached hydrogen (secondary N) is 2. The van der Waals surface area contributed by atoms with Crippen LogP contribution in [0.2, 0.25) is 0 Å². The van der Waals surface area contributed by atoms with Crippen LogP contribution in [-0.2, 0) is 9.59 Å². The second-order valence-corrected chi connectivity index (χ2v) is 6.65. The number of carbonyl (C=O) groups excluding carboxylic acids is 2. The van der Waals surface area contributed by atoms with Crippen LogP contribution in [0.25, 0.3) is 0 Å². The number of fused-ring (bicyclic) bond motifs is 1. The Labute approximate surface area is 152 Å². The van der Waals surface area contributed by atoms with Gasteiger partial charge >= 0.3 is 0 Å². The first-order valence-corrected chi connectivity index (χ1v) is 8.54. The lowest BCUT2D eigenvalue weighted by Gasteiger charge is -2.23. The first-order chi connectivity index (χ1) is 12.5. The maximum absolute atomic E-state index is 12.1. The number of nitro groups is 1. The van der Waals surface area contributed by atoms with Gasteiger partial charge < -0.3 is 5.32 Å². The molecule has 3 rings (SSSR count). The Balaban J connectivity index is 1.60. The molecule has 26 heavy (non-hydrogen) atoms. The number of anilines is 1. The van der Waals surface area contributed by atoms with E-state index in [0.717, 1.165) is 10.6 Å². The van der Waals surface area contributed by atoms with Gasteiger partial charge in [-0.25, -0.2) is 5.43 Å². The molecular formula is C17H14N4O4S. The molecule has 0 radical (unpaired) electrons. The molecule has 1 aliphatic rings. The third-order valence-electron chi connectivity index (χ3n) is 3.60. The second kappa shape index (κ2) is 7.79. The quantitative estimate of drug-likeness (QED) is 0.477. The molecular weight excluding hydrogens is 356 g/mol. The number of benzene rings is 2. The third-order valence-corrected chi connectivity index (χ3v) is 4.88. The second-order valence-electron chi connectivity index (χ2n) is 5.41. The minimum atomic E-state index is -0.564. The molecule has 0 aromatic heterocycles. The molecule has 0 aliphatic carbocycles. The largest absolute Gasteiger partial charge is 0.324 e. The maximum atomic E-state index is 12.1. The van der Waals surface area contributed by atoms with Gasteiger partial charge in [0.05, 0.1) is 27.6 Å². The monoisotopic (exact) mass is 370 g/mol. The lowest BCUT2D eigenvalue weighted by Crippen LogP contribution is -2.33. The molecule has 1 unspecified atom stereocenters. The zero-order valence-corrected chi connectivity index (χ0v) is 14.2. The Morgan fingerprint density at radius 2 is 2.00 bits per heavy atom. The van der Waals surface area contributed by atoms with E-state index in [-0.39, 0.29) is 23.6 Å². The summed E-state index contributed by atoms with van der Waals surface area (Å²) in [7, 11) is 0. The summed E-state index contributed by atoms with van der Waals surface area (Å²) in [6, 6.07) is 13.4. The molecule has 9 heteroatoms. The van der Waals surface area contributed by atoms with Crippen molar-refractivity contribution in [2.45, 2.75) is 16.6 Å². The summed E-state index contributed by atoms with van der Waals surface area (Å²) >= 11 is 1.32. The molecule has 2 aromatic rings. The van der Waals surface area contributed by atoms with Crippen LogP contribution in [0.3, 0.4) is 0 Å². The number of nitro benzene ring substituents is 1. The number of rotatable bonds is 5. The highest BCUT2D eigenvalue weighted by molar-refractivity contribution is 8.01. The van der Waals surface area contributed by atoms with Crippen molar-refractivity contribution in [3.63, 3.8) is 0 Å². The first kappa shape index (κ1) is 17.6. The molecule has 0 saturated heterocycles. The maximum Gasteiger partial charge on any atom is 0.278 e. The molecule has 0 fully saturated rings. The fourth-order valence-corrected chi connectivity index (χ4v) is 3.49. The average Bonchev–Trinajstić information content (AvgIpc) is 2.62. The van der Waals surface area contributed by atoms with E-state index in [0.29, 0.717) is 0 Å². The van der Waals surface area contributed by atoms with Crippen LogP contribution in [0.1, 0.15) is 12.0 Å². The predicted octanol–water partition coefficient (Wildman–Crippen LogP) is 2.55. The van der Waals surface area contributed by atoms with E-state index >= 15 is 0 Å². The molecule has 0 bridgehead atoms. The fraction of sp³-hybridized carbons (Fsp3) is 0.118. The molecule has 2 aromatic carbocycles. The summed E-state index contributed by atoms with van der Waals surface area (Å²) in [5, 5.41) is 16.9. The van der Waals surface area contributed by atoms with Crippen molar-refractivity contribution in [3.05, 3.63) is 64.2 Å². The van der Waals surface area contributed by atoms with Gasteiger partial charge in [-0.2, -0.15) is 5.10 Å². The lowest BCUT2D eigenvalue weighted by atomic mass is 10.2. The van der Waals surface area contributed by atoms with E-state index in [9.17, 15) is 19.7 Å². The summed E-state index contributed by atoms with van der Waals surface area (Å²) in [6.45, 7) is 0. The van der Waals surface area contributed by atoms with Gasteiger partial charge in [-0.05, 0) is 18.2 Å². The highest BCUT2D eigenvalue weighted by Gasteiger charge is 2.28. The SMILES string of the molecule is O=C(CC1Sc2ccccc2NC1=O)NN=Cc1ccccc1[N+](=O)[O-]. The number of carbonyl (C=O) groups is 2. The molecule has 1 heterocycles. The van der Waals surface area contributed by atoms with E-state index in [1.165, 1.54) is 30.1 Å². The van der Waals surface area contributed by atoms with E-state index in [1.54, 1.807) is 18.2 Å². The lowest BCUT2D eigenvalue weighted by molar-refractivity contribution is -0.385. The number of para-hydroxylation sites is 2. The summed E-state index contributed by atoms with van der Waals surface area (Å²) in [5.74, 6) is -0.696. The smallest absolute Gasteiger partial charge is 0.278 e. The third kappa shape index (κ3) is 4.06.